The lowest BCUT2D eigenvalue weighted by atomic mass is 10.0. The number of carbonyl (C=O) groups is 2. The van der Waals surface area contributed by atoms with Crippen molar-refractivity contribution in [1.82, 2.24) is 4.98 Å². The molecule has 0 saturated heterocycles. The van der Waals surface area contributed by atoms with E-state index in [1.807, 2.05) is 31.2 Å². The van der Waals surface area contributed by atoms with Gasteiger partial charge in [-0.2, -0.15) is 0 Å². The van der Waals surface area contributed by atoms with Gasteiger partial charge in [0.1, 0.15) is 11.3 Å². The topological polar surface area (TPSA) is 60.2 Å². The van der Waals surface area contributed by atoms with Crippen LogP contribution < -0.4 is 0 Å². The minimum atomic E-state index is -0.314. The van der Waals surface area contributed by atoms with Gasteiger partial charge in [-0.05, 0) is 36.3 Å². The molecule has 29 heavy (non-hydrogen) atoms. The molecule has 0 spiro atoms. The molecule has 3 heterocycles. The number of carbonyl (C=O) groups excluding carboxylic acids is 2. The number of thiophene rings is 1. The SMILES string of the molecule is CCc1cc2c(cc1Cl)C(=O)/C(=C\c1cc3sc(-c4cccnc4)cc3o1)C2=O. The number of pyridine rings is 1. The van der Waals surface area contributed by atoms with Crippen LogP contribution in [0.15, 0.2) is 58.8 Å². The van der Waals surface area contributed by atoms with Crippen molar-refractivity contribution < 1.29 is 14.0 Å². The van der Waals surface area contributed by atoms with Crippen LogP contribution in [-0.2, 0) is 6.42 Å². The van der Waals surface area contributed by atoms with Crippen molar-refractivity contribution in [3.8, 4) is 10.4 Å². The first-order valence-corrected chi connectivity index (χ1v) is 10.3. The Bertz CT molecular complexity index is 1300. The molecule has 0 aliphatic heterocycles. The van der Waals surface area contributed by atoms with Crippen LogP contribution in [0.4, 0.5) is 0 Å². The van der Waals surface area contributed by atoms with Crippen LogP contribution in [0.1, 0.15) is 39.0 Å². The highest BCUT2D eigenvalue weighted by atomic mass is 35.5. The fraction of sp³-hybridized carbons (Fsp3) is 0.0870. The Kier molecular flexibility index (Phi) is 4.23. The van der Waals surface area contributed by atoms with Crippen LogP contribution in [0.25, 0.3) is 26.8 Å². The predicted octanol–water partition coefficient (Wildman–Crippen LogP) is 6.23. The Morgan fingerprint density at radius 1 is 1.14 bits per heavy atom. The monoisotopic (exact) mass is 419 g/mol. The Balaban J connectivity index is 1.52. The summed E-state index contributed by atoms with van der Waals surface area (Å²) < 4.78 is 6.83. The largest absolute Gasteiger partial charge is 0.456 e. The first kappa shape index (κ1) is 18.0. The van der Waals surface area contributed by atoms with E-state index in [-0.39, 0.29) is 17.1 Å². The van der Waals surface area contributed by atoms with Gasteiger partial charge in [0.25, 0.3) is 0 Å². The summed E-state index contributed by atoms with van der Waals surface area (Å²) in [6.45, 7) is 1.96. The highest BCUT2D eigenvalue weighted by Crippen LogP contribution is 2.37. The second-order valence-electron chi connectivity index (χ2n) is 6.79. The minimum absolute atomic E-state index is 0.109. The number of hydrogen-bond acceptors (Lipinski definition) is 5. The summed E-state index contributed by atoms with van der Waals surface area (Å²) in [7, 11) is 0. The number of nitrogens with zero attached hydrogens (tertiary/aromatic N) is 1. The van der Waals surface area contributed by atoms with Gasteiger partial charge in [0.05, 0.1) is 10.3 Å². The number of halogens is 1. The number of furan rings is 1. The van der Waals surface area contributed by atoms with Gasteiger partial charge < -0.3 is 4.42 Å². The zero-order valence-electron chi connectivity index (χ0n) is 15.4. The molecular formula is C23H14ClNO3S. The molecule has 0 radical (unpaired) electrons. The maximum Gasteiger partial charge on any atom is 0.197 e. The molecule has 4 aromatic rings. The van der Waals surface area contributed by atoms with E-state index < -0.39 is 0 Å². The Hall–Kier alpha value is -3.02. The highest BCUT2D eigenvalue weighted by molar-refractivity contribution is 7.22. The number of allylic oxidation sites excluding steroid dienone is 1. The molecule has 1 aromatic carbocycles. The smallest absolute Gasteiger partial charge is 0.197 e. The quantitative estimate of drug-likeness (QED) is 0.291. The van der Waals surface area contributed by atoms with Gasteiger partial charge in [-0.15, -0.1) is 11.3 Å². The van der Waals surface area contributed by atoms with Crippen molar-refractivity contribution in [2.75, 3.05) is 0 Å². The standard InChI is InChI=1S/C23H14ClNO3S/c1-2-12-6-15-16(9-18(12)24)23(27)17(22(15)26)7-14-8-21-19(28-14)10-20(29-21)13-4-3-5-25-11-13/h3-11H,2H2,1H3/b17-7-. The molecular weight excluding hydrogens is 406 g/mol. The van der Waals surface area contributed by atoms with E-state index in [0.717, 1.165) is 20.7 Å². The van der Waals surface area contributed by atoms with E-state index in [1.165, 1.54) is 6.08 Å². The molecule has 0 N–H and O–H groups in total. The number of ketones is 2. The van der Waals surface area contributed by atoms with Crippen molar-refractivity contribution >= 4 is 50.9 Å². The second kappa shape index (κ2) is 6.79. The molecule has 0 bridgehead atoms. The van der Waals surface area contributed by atoms with Gasteiger partial charge in [0.2, 0.25) is 0 Å². The zero-order chi connectivity index (χ0) is 20.1. The van der Waals surface area contributed by atoms with E-state index in [4.69, 9.17) is 16.0 Å². The molecule has 6 heteroatoms. The van der Waals surface area contributed by atoms with Crippen LogP contribution in [0.5, 0.6) is 0 Å². The van der Waals surface area contributed by atoms with Crippen molar-refractivity contribution in [3.63, 3.8) is 0 Å². The van der Waals surface area contributed by atoms with Crippen LogP contribution in [0.3, 0.4) is 0 Å². The number of Topliss-reactive ketones (excluding diaryl/α,β-unsaturated/α-hetero) is 2. The number of aryl methyl sites for hydroxylation is 1. The number of benzene rings is 1. The number of hydrogen-bond donors (Lipinski definition) is 0. The third-order valence-corrected chi connectivity index (χ3v) is 6.47. The van der Waals surface area contributed by atoms with Gasteiger partial charge in [0, 0.05) is 51.1 Å². The van der Waals surface area contributed by atoms with E-state index in [9.17, 15) is 9.59 Å². The molecule has 0 atom stereocenters. The molecule has 142 valence electrons. The summed E-state index contributed by atoms with van der Waals surface area (Å²) in [5.41, 5.74) is 3.47. The third-order valence-electron chi connectivity index (χ3n) is 5.00. The predicted molar refractivity (Wildman–Crippen MR) is 115 cm³/mol. The summed E-state index contributed by atoms with van der Waals surface area (Å²) in [5, 5.41) is 0.509. The molecule has 0 fully saturated rings. The average Bonchev–Trinajstić information content (AvgIpc) is 3.36. The fourth-order valence-electron chi connectivity index (χ4n) is 3.51. The molecule has 5 rings (SSSR count). The average molecular weight is 420 g/mol. The highest BCUT2D eigenvalue weighted by Gasteiger charge is 2.34. The summed E-state index contributed by atoms with van der Waals surface area (Å²) in [6, 6.07) is 11.0. The van der Waals surface area contributed by atoms with Crippen molar-refractivity contribution in [2.24, 2.45) is 0 Å². The lowest BCUT2D eigenvalue weighted by molar-refractivity contribution is 0.0990. The Morgan fingerprint density at radius 2 is 1.93 bits per heavy atom. The van der Waals surface area contributed by atoms with E-state index in [1.54, 1.807) is 35.9 Å². The first-order chi connectivity index (χ1) is 14.0. The van der Waals surface area contributed by atoms with E-state index in [0.29, 0.717) is 33.9 Å². The third kappa shape index (κ3) is 2.94. The number of aromatic nitrogens is 1. The van der Waals surface area contributed by atoms with Crippen molar-refractivity contribution in [3.05, 3.63) is 81.8 Å². The summed E-state index contributed by atoms with van der Waals surface area (Å²) >= 11 is 7.80. The molecule has 1 aliphatic carbocycles. The Morgan fingerprint density at radius 3 is 2.62 bits per heavy atom. The van der Waals surface area contributed by atoms with Crippen molar-refractivity contribution in [2.45, 2.75) is 13.3 Å². The van der Waals surface area contributed by atoms with Gasteiger partial charge in [-0.1, -0.05) is 24.6 Å². The molecule has 0 amide bonds. The summed E-state index contributed by atoms with van der Waals surface area (Å²) in [4.78, 5) is 30.8. The number of rotatable bonds is 3. The van der Waals surface area contributed by atoms with Gasteiger partial charge in [-0.25, -0.2) is 0 Å². The van der Waals surface area contributed by atoms with Crippen LogP contribution in [0, 0.1) is 0 Å². The van der Waals surface area contributed by atoms with Gasteiger partial charge in [-0.3, -0.25) is 14.6 Å². The molecule has 0 saturated carbocycles. The Labute approximate surface area is 175 Å². The number of fused-ring (bicyclic) bond motifs is 2. The maximum absolute atomic E-state index is 12.8. The molecule has 3 aromatic heterocycles. The van der Waals surface area contributed by atoms with Crippen LogP contribution in [-0.4, -0.2) is 16.6 Å². The lowest BCUT2D eigenvalue weighted by Gasteiger charge is -2.03. The van der Waals surface area contributed by atoms with Crippen LogP contribution >= 0.6 is 22.9 Å². The zero-order valence-corrected chi connectivity index (χ0v) is 16.9. The van der Waals surface area contributed by atoms with Gasteiger partial charge >= 0.3 is 0 Å². The summed E-state index contributed by atoms with van der Waals surface area (Å²) in [5.74, 6) is -0.118. The van der Waals surface area contributed by atoms with Gasteiger partial charge in [0.15, 0.2) is 11.6 Å². The molecule has 0 unspecified atom stereocenters. The molecule has 4 nitrogen and oxygen atoms in total. The first-order valence-electron chi connectivity index (χ1n) is 9.12. The minimum Gasteiger partial charge on any atom is -0.456 e. The second-order valence-corrected chi connectivity index (χ2v) is 8.28. The molecule has 1 aliphatic rings. The lowest BCUT2D eigenvalue weighted by Crippen LogP contribution is -1.99. The van der Waals surface area contributed by atoms with E-state index in [2.05, 4.69) is 4.98 Å². The van der Waals surface area contributed by atoms with E-state index >= 15 is 0 Å². The normalized spacial score (nSPS) is 14.9. The summed E-state index contributed by atoms with van der Waals surface area (Å²) in [6.07, 6.45) is 5.76. The van der Waals surface area contributed by atoms with Crippen molar-refractivity contribution in [1.29, 1.82) is 0 Å². The maximum atomic E-state index is 12.8. The fourth-order valence-corrected chi connectivity index (χ4v) is 4.82. The van der Waals surface area contributed by atoms with Crippen LogP contribution in [0.2, 0.25) is 5.02 Å².